The fraction of sp³-hybridized carbons (Fsp3) is 0.968. The lowest BCUT2D eigenvalue weighted by Gasteiger charge is -2.31. The zero-order chi connectivity index (χ0) is 28.9. The smallest absolute Gasteiger partial charge is 0.350 e. The maximum atomic E-state index is 8.25. The van der Waals surface area contributed by atoms with Gasteiger partial charge < -0.3 is 15.3 Å². The van der Waals surface area contributed by atoms with E-state index >= 15 is 0 Å². The van der Waals surface area contributed by atoms with Crippen LogP contribution in [-0.4, -0.2) is 64.7 Å². The first-order valence-corrected chi connectivity index (χ1v) is 16.4. The molecule has 7 heteroatoms. The molecule has 0 rings (SSSR count). The second-order valence-electron chi connectivity index (χ2n) is 10.7. The van der Waals surface area contributed by atoms with E-state index in [4.69, 9.17) is 15.3 Å². The van der Waals surface area contributed by atoms with Crippen LogP contribution in [0.15, 0.2) is 0 Å². The molecule has 0 aliphatic carbocycles. The topological polar surface area (TPSA) is 75.7 Å². The molecule has 0 amide bonds. The van der Waals surface area contributed by atoms with Gasteiger partial charge in [-0.2, -0.15) is 0 Å². The Morgan fingerprint density at radius 3 is 0.947 bits per heavy atom. The summed E-state index contributed by atoms with van der Waals surface area (Å²) in [5.41, 5.74) is 0. The van der Waals surface area contributed by atoms with E-state index in [0.717, 1.165) is 0 Å². The van der Waals surface area contributed by atoms with Crippen molar-refractivity contribution in [3.05, 3.63) is 15.3 Å². The molecule has 0 N–H and O–H groups in total. The maximum Gasteiger partial charge on any atom is 0.350 e. The molecule has 0 aromatic rings. The predicted octanol–water partition coefficient (Wildman–Crippen LogP) is 8.86. The molecule has 0 saturated carbocycles. The molecule has 7 nitrogen and oxygen atoms in total. The molecule has 228 valence electrons. The third kappa shape index (κ3) is 23.6. The molecule has 0 aromatic carbocycles. The summed E-state index contributed by atoms with van der Waals surface area (Å²) in [6.45, 7) is 21.5. The standard InChI is InChI=1S/C31H66N3.NO3/c1-7-13-19-25-32(26-20-14-8-2)31(33(27-21-15-9-3)28-22-16-10-4)34(29-23-17-11-5)30-24-18-12-6;2-1(3)4/h7-30H2,1-6H3;/q+1;-1. The fourth-order valence-corrected chi connectivity index (χ4v) is 4.85. The van der Waals surface area contributed by atoms with Gasteiger partial charge in [0.2, 0.25) is 0 Å². The molecule has 0 aliphatic rings. The van der Waals surface area contributed by atoms with Crippen LogP contribution in [0.1, 0.15) is 157 Å². The van der Waals surface area contributed by atoms with Gasteiger partial charge in [0.1, 0.15) is 0 Å². The molecular formula is C31H66N4O3. The van der Waals surface area contributed by atoms with Gasteiger partial charge in [-0.3, -0.25) is 14.4 Å². The Kier molecular flexibility index (Phi) is 30.5. The van der Waals surface area contributed by atoms with Crippen LogP contribution in [0.2, 0.25) is 0 Å². The summed E-state index contributed by atoms with van der Waals surface area (Å²) in [4.78, 5) is 13.9. The Balaban J connectivity index is 0. The molecule has 0 spiro atoms. The highest BCUT2D eigenvalue weighted by Crippen LogP contribution is 2.13. The van der Waals surface area contributed by atoms with E-state index in [9.17, 15) is 0 Å². The quantitative estimate of drug-likeness (QED) is 0.0304. The summed E-state index contributed by atoms with van der Waals surface area (Å²) in [7, 11) is 0. The Morgan fingerprint density at radius 2 is 0.711 bits per heavy atom. The number of unbranched alkanes of at least 4 members (excludes halogenated alkanes) is 12. The average molecular weight is 543 g/mol. The van der Waals surface area contributed by atoms with Gasteiger partial charge in [0.05, 0.1) is 44.4 Å². The molecule has 0 unspecified atom stereocenters. The Morgan fingerprint density at radius 1 is 0.474 bits per heavy atom. The van der Waals surface area contributed by atoms with Crippen molar-refractivity contribution in [2.75, 3.05) is 39.3 Å². The summed E-state index contributed by atoms with van der Waals surface area (Å²) < 4.78 is 2.85. The maximum absolute atomic E-state index is 8.25. The van der Waals surface area contributed by atoms with Crippen molar-refractivity contribution in [1.82, 2.24) is 9.80 Å². The molecule has 0 atom stereocenters. The highest BCUT2D eigenvalue weighted by molar-refractivity contribution is 5.75. The molecule has 0 aliphatic heterocycles. The lowest BCUT2D eigenvalue weighted by molar-refractivity contribution is -0.539. The van der Waals surface area contributed by atoms with Crippen LogP contribution in [0.4, 0.5) is 0 Å². The lowest BCUT2D eigenvalue weighted by atomic mass is 10.2. The summed E-state index contributed by atoms with van der Waals surface area (Å²) in [6.07, 6.45) is 24.0. The van der Waals surface area contributed by atoms with Gasteiger partial charge in [0.25, 0.3) is 0 Å². The molecule has 0 aromatic heterocycles. The average Bonchev–Trinajstić information content (AvgIpc) is 2.88. The minimum atomic E-state index is -1.75. The zero-order valence-corrected chi connectivity index (χ0v) is 26.5. The van der Waals surface area contributed by atoms with Gasteiger partial charge in [-0.15, -0.1) is 0 Å². The first kappa shape index (κ1) is 38.6. The molecular weight excluding hydrogens is 476 g/mol. The second-order valence-corrected chi connectivity index (χ2v) is 10.7. The third-order valence-corrected chi connectivity index (χ3v) is 7.04. The molecule has 0 bridgehead atoms. The zero-order valence-electron chi connectivity index (χ0n) is 26.5. The van der Waals surface area contributed by atoms with Crippen LogP contribution in [0.25, 0.3) is 0 Å². The SMILES string of the molecule is CCCCCN(CCCCC)C(N(CCCCC)CCCCC)=[N+](CCCCC)CCCCC.O=[N+]([O-])[O-]. The van der Waals surface area contributed by atoms with E-state index in [2.05, 4.69) is 55.9 Å². The van der Waals surface area contributed by atoms with E-state index in [1.54, 1.807) is 5.96 Å². The summed E-state index contributed by atoms with van der Waals surface area (Å²) in [5.74, 6) is 1.62. The van der Waals surface area contributed by atoms with Crippen LogP contribution in [0.5, 0.6) is 0 Å². The highest BCUT2D eigenvalue weighted by atomic mass is 16.9. The monoisotopic (exact) mass is 543 g/mol. The molecule has 0 radical (unpaired) electrons. The first-order valence-electron chi connectivity index (χ1n) is 16.4. The van der Waals surface area contributed by atoms with Gasteiger partial charge in [-0.25, -0.2) is 0 Å². The van der Waals surface area contributed by atoms with Gasteiger partial charge in [0, 0.05) is 0 Å². The van der Waals surface area contributed by atoms with Gasteiger partial charge in [0.15, 0.2) is 0 Å². The van der Waals surface area contributed by atoms with Gasteiger partial charge in [-0.05, 0) is 38.5 Å². The van der Waals surface area contributed by atoms with E-state index in [1.807, 2.05) is 0 Å². The van der Waals surface area contributed by atoms with Gasteiger partial charge >= 0.3 is 5.96 Å². The van der Waals surface area contributed by atoms with Crippen molar-refractivity contribution in [3.63, 3.8) is 0 Å². The number of rotatable bonds is 24. The Hall–Kier alpha value is -1.53. The largest absolute Gasteiger partial charge is 0.356 e. The Bertz CT molecular complexity index is 481. The normalized spacial score (nSPS) is 10.6. The Labute approximate surface area is 237 Å². The first-order chi connectivity index (χ1) is 18.4. The molecule has 0 fully saturated rings. The summed E-state index contributed by atoms with van der Waals surface area (Å²) >= 11 is 0. The fourth-order valence-electron chi connectivity index (χ4n) is 4.85. The van der Waals surface area contributed by atoms with E-state index in [1.165, 1.54) is 155 Å². The molecule has 0 saturated heterocycles. The van der Waals surface area contributed by atoms with E-state index in [0.29, 0.717) is 0 Å². The number of hydrogen-bond acceptors (Lipinski definition) is 3. The van der Waals surface area contributed by atoms with Crippen molar-refractivity contribution in [2.24, 2.45) is 0 Å². The van der Waals surface area contributed by atoms with Crippen molar-refractivity contribution in [3.8, 4) is 0 Å². The number of hydrogen-bond donors (Lipinski definition) is 0. The lowest BCUT2D eigenvalue weighted by Crippen LogP contribution is -2.51. The minimum Gasteiger partial charge on any atom is -0.356 e. The van der Waals surface area contributed by atoms with Crippen LogP contribution >= 0.6 is 0 Å². The predicted molar refractivity (Wildman–Crippen MR) is 166 cm³/mol. The van der Waals surface area contributed by atoms with Crippen LogP contribution in [0, 0.1) is 15.3 Å². The highest BCUT2D eigenvalue weighted by Gasteiger charge is 2.28. The number of nitrogens with zero attached hydrogens (tertiary/aromatic N) is 4. The van der Waals surface area contributed by atoms with Crippen molar-refractivity contribution < 1.29 is 9.66 Å². The number of guanidine groups is 1. The van der Waals surface area contributed by atoms with E-state index < -0.39 is 5.09 Å². The summed E-state index contributed by atoms with van der Waals surface area (Å²) in [5, 5.41) is 14.8. The van der Waals surface area contributed by atoms with Crippen molar-refractivity contribution in [1.29, 1.82) is 0 Å². The summed E-state index contributed by atoms with van der Waals surface area (Å²) in [6, 6.07) is 0. The minimum absolute atomic E-state index is 1.24. The van der Waals surface area contributed by atoms with E-state index in [-0.39, 0.29) is 0 Å². The van der Waals surface area contributed by atoms with Crippen LogP contribution < -0.4 is 0 Å². The van der Waals surface area contributed by atoms with Crippen LogP contribution in [-0.2, 0) is 0 Å². The second kappa shape index (κ2) is 30.0. The molecule has 0 heterocycles. The molecule has 38 heavy (non-hydrogen) atoms. The van der Waals surface area contributed by atoms with Crippen molar-refractivity contribution >= 4 is 5.96 Å². The van der Waals surface area contributed by atoms with Gasteiger partial charge in [-0.1, -0.05) is 119 Å². The third-order valence-electron chi connectivity index (χ3n) is 7.04. The van der Waals surface area contributed by atoms with Crippen LogP contribution in [0.3, 0.4) is 0 Å². The van der Waals surface area contributed by atoms with Crippen molar-refractivity contribution in [2.45, 2.75) is 157 Å².